The van der Waals surface area contributed by atoms with E-state index in [1.54, 1.807) is 31.3 Å². The molecule has 1 aromatic carbocycles. The monoisotopic (exact) mass is 458 g/mol. The number of hydrogen-bond acceptors (Lipinski definition) is 4. The number of likely N-dealkylation sites (tertiary alicyclic amines) is 1. The smallest absolute Gasteiger partial charge is 0.255 e. The van der Waals surface area contributed by atoms with E-state index in [0.717, 1.165) is 29.3 Å². The van der Waals surface area contributed by atoms with Crippen molar-refractivity contribution in [1.29, 1.82) is 0 Å². The Balaban J connectivity index is 1.74. The number of rotatable bonds is 5. The summed E-state index contributed by atoms with van der Waals surface area (Å²) in [5.41, 5.74) is 0.585. The van der Waals surface area contributed by atoms with Crippen LogP contribution in [0.2, 0.25) is 0 Å². The van der Waals surface area contributed by atoms with Crippen molar-refractivity contribution in [1.82, 2.24) is 10.2 Å². The van der Waals surface area contributed by atoms with Crippen molar-refractivity contribution < 1.29 is 19.1 Å². The quantitative estimate of drug-likeness (QED) is 0.689. The number of nitrogens with one attached hydrogen (secondary N) is 1. The number of benzene rings is 1. The highest BCUT2D eigenvalue weighted by molar-refractivity contribution is 14.1. The van der Waals surface area contributed by atoms with Gasteiger partial charge in [-0.15, -0.1) is 0 Å². The molecule has 7 heteroatoms. The van der Waals surface area contributed by atoms with Crippen LogP contribution < -0.4 is 14.8 Å². The fourth-order valence-electron chi connectivity index (χ4n) is 3.11. The SMILES string of the molecule is COc1cc(I)c(C(=O)N2CCCC(C(=O)NC3CC3)C2)cc1OC. The molecule has 0 bridgehead atoms. The topological polar surface area (TPSA) is 67.9 Å². The van der Waals surface area contributed by atoms with Gasteiger partial charge in [0.25, 0.3) is 5.91 Å². The first-order valence-electron chi connectivity index (χ1n) is 8.54. The van der Waals surface area contributed by atoms with Crippen molar-refractivity contribution in [3.05, 3.63) is 21.3 Å². The van der Waals surface area contributed by atoms with Crippen LogP contribution >= 0.6 is 22.6 Å². The van der Waals surface area contributed by atoms with Gasteiger partial charge in [0.15, 0.2) is 11.5 Å². The van der Waals surface area contributed by atoms with E-state index in [9.17, 15) is 9.59 Å². The van der Waals surface area contributed by atoms with Crippen molar-refractivity contribution >= 4 is 34.4 Å². The average Bonchev–Trinajstić information content (AvgIpc) is 3.44. The highest BCUT2D eigenvalue weighted by Crippen LogP contribution is 2.32. The minimum Gasteiger partial charge on any atom is -0.493 e. The fourth-order valence-corrected chi connectivity index (χ4v) is 3.78. The number of methoxy groups -OCH3 is 2. The zero-order chi connectivity index (χ0) is 18.0. The molecular formula is C18H23IN2O4. The predicted molar refractivity (Wildman–Crippen MR) is 102 cm³/mol. The van der Waals surface area contributed by atoms with Gasteiger partial charge < -0.3 is 19.7 Å². The molecule has 2 fully saturated rings. The summed E-state index contributed by atoms with van der Waals surface area (Å²) in [5.74, 6) is 1.04. The Bertz CT molecular complexity index is 675. The van der Waals surface area contributed by atoms with Crippen LogP contribution in [0.1, 0.15) is 36.0 Å². The van der Waals surface area contributed by atoms with E-state index in [1.807, 2.05) is 0 Å². The molecule has 25 heavy (non-hydrogen) atoms. The average molecular weight is 458 g/mol. The summed E-state index contributed by atoms with van der Waals surface area (Å²) >= 11 is 2.13. The number of carbonyl (C=O) groups excluding carboxylic acids is 2. The molecule has 2 amide bonds. The standard InChI is InChI=1S/C18H23IN2O4/c1-24-15-8-13(14(19)9-16(15)25-2)18(23)21-7-3-4-11(10-21)17(22)20-12-5-6-12/h8-9,11-12H,3-7,10H2,1-2H3,(H,20,22). The largest absolute Gasteiger partial charge is 0.493 e. The van der Waals surface area contributed by atoms with E-state index in [0.29, 0.717) is 36.2 Å². The molecule has 1 saturated carbocycles. The molecule has 1 unspecified atom stereocenters. The normalized spacial score (nSPS) is 20.1. The summed E-state index contributed by atoms with van der Waals surface area (Å²) in [7, 11) is 3.13. The third-order valence-corrected chi connectivity index (χ3v) is 5.60. The van der Waals surface area contributed by atoms with Gasteiger partial charge in [-0.25, -0.2) is 0 Å². The van der Waals surface area contributed by atoms with Crippen molar-refractivity contribution in [2.75, 3.05) is 27.3 Å². The van der Waals surface area contributed by atoms with Crippen LogP contribution in [0.15, 0.2) is 12.1 Å². The molecule has 6 nitrogen and oxygen atoms in total. The maximum Gasteiger partial charge on any atom is 0.255 e. The maximum absolute atomic E-state index is 13.0. The number of nitrogens with zero attached hydrogens (tertiary/aromatic N) is 1. The summed E-state index contributed by atoms with van der Waals surface area (Å²) in [6, 6.07) is 3.87. The third kappa shape index (κ3) is 4.19. The van der Waals surface area contributed by atoms with Gasteiger partial charge in [0.2, 0.25) is 5.91 Å². The molecule has 1 aromatic rings. The summed E-state index contributed by atoms with van der Waals surface area (Å²) < 4.78 is 11.4. The first-order chi connectivity index (χ1) is 12.0. The second-order valence-electron chi connectivity index (χ2n) is 6.56. The van der Waals surface area contributed by atoms with Crippen LogP contribution in [0.5, 0.6) is 11.5 Å². The van der Waals surface area contributed by atoms with E-state index >= 15 is 0 Å². The molecule has 1 N–H and O–H groups in total. The van der Waals surface area contributed by atoms with Crippen molar-refractivity contribution in [3.63, 3.8) is 0 Å². The predicted octanol–water partition coefficient (Wildman–Crippen LogP) is 2.44. The summed E-state index contributed by atoms with van der Waals surface area (Å²) in [6.07, 6.45) is 3.83. The summed E-state index contributed by atoms with van der Waals surface area (Å²) in [5, 5.41) is 3.05. The Hall–Kier alpha value is -1.51. The number of halogens is 1. The summed E-state index contributed by atoms with van der Waals surface area (Å²) in [4.78, 5) is 27.1. The Morgan fingerprint density at radius 2 is 1.84 bits per heavy atom. The molecule has 0 radical (unpaired) electrons. The zero-order valence-corrected chi connectivity index (χ0v) is 16.7. The van der Waals surface area contributed by atoms with Crippen molar-refractivity contribution in [2.45, 2.75) is 31.7 Å². The molecule has 1 aliphatic heterocycles. The van der Waals surface area contributed by atoms with Crippen LogP contribution in [-0.4, -0.2) is 50.1 Å². The first kappa shape index (κ1) is 18.3. The Kier molecular flexibility index (Phi) is 5.71. The third-order valence-electron chi connectivity index (χ3n) is 4.71. The number of carbonyl (C=O) groups is 2. The van der Waals surface area contributed by atoms with E-state index in [4.69, 9.17) is 9.47 Å². The molecule has 1 atom stereocenters. The van der Waals surface area contributed by atoms with Gasteiger partial charge >= 0.3 is 0 Å². The fraction of sp³-hybridized carbons (Fsp3) is 0.556. The van der Waals surface area contributed by atoms with Crippen LogP contribution in [0.3, 0.4) is 0 Å². The molecule has 1 aliphatic carbocycles. The lowest BCUT2D eigenvalue weighted by atomic mass is 9.96. The minimum atomic E-state index is -0.115. The van der Waals surface area contributed by atoms with Crippen LogP contribution in [-0.2, 0) is 4.79 Å². The number of piperidine rings is 1. The van der Waals surface area contributed by atoms with E-state index in [1.165, 1.54) is 0 Å². The van der Waals surface area contributed by atoms with Gasteiger partial charge in [-0.2, -0.15) is 0 Å². The Labute approximate surface area is 161 Å². The molecule has 2 aliphatic rings. The van der Waals surface area contributed by atoms with Gasteiger partial charge in [0.1, 0.15) is 0 Å². The second kappa shape index (κ2) is 7.80. The van der Waals surface area contributed by atoms with Crippen LogP contribution in [0, 0.1) is 9.49 Å². The number of hydrogen-bond donors (Lipinski definition) is 1. The van der Waals surface area contributed by atoms with Crippen LogP contribution in [0.25, 0.3) is 0 Å². The molecule has 3 rings (SSSR count). The Morgan fingerprint density at radius 3 is 2.48 bits per heavy atom. The number of amides is 2. The highest BCUT2D eigenvalue weighted by atomic mass is 127. The second-order valence-corrected chi connectivity index (χ2v) is 7.72. The van der Waals surface area contributed by atoms with Gasteiger partial charge in [0, 0.05) is 22.7 Å². The molecule has 136 valence electrons. The van der Waals surface area contributed by atoms with Gasteiger partial charge in [-0.05, 0) is 60.4 Å². The molecule has 0 spiro atoms. The first-order valence-corrected chi connectivity index (χ1v) is 9.62. The van der Waals surface area contributed by atoms with E-state index < -0.39 is 0 Å². The van der Waals surface area contributed by atoms with Crippen LogP contribution in [0.4, 0.5) is 0 Å². The molecule has 1 saturated heterocycles. The van der Waals surface area contributed by atoms with Crippen molar-refractivity contribution in [2.24, 2.45) is 5.92 Å². The summed E-state index contributed by atoms with van der Waals surface area (Å²) in [6.45, 7) is 1.15. The molecule has 1 heterocycles. The van der Waals surface area contributed by atoms with Gasteiger partial charge in [0.05, 0.1) is 25.7 Å². The van der Waals surface area contributed by atoms with Gasteiger partial charge in [-0.3, -0.25) is 9.59 Å². The zero-order valence-electron chi connectivity index (χ0n) is 14.5. The molecular weight excluding hydrogens is 435 g/mol. The maximum atomic E-state index is 13.0. The number of ether oxygens (including phenoxy) is 2. The lowest BCUT2D eigenvalue weighted by molar-refractivity contribution is -0.126. The lowest BCUT2D eigenvalue weighted by Crippen LogP contribution is -2.46. The van der Waals surface area contributed by atoms with E-state index in [2.05, 4.69) is 27.9 Å². The van der Waals surface area contributed by atoms with Gasteiger partial charge in [-0.1, -0.05) is 0 Å². The Morgan fingerprint density at radius 1 is 1.16 bits per heavy atom. The highest BCUT2D eigenvalue weighted by Gasteiger charge is 2.32. The minimum absolute atomic E-state index is 0.0609. The lowest BCUT2D eigenvalue weighted by Gasteiger charge is -2.32. The van der Waals surface area contributed by atoms with E-state index in [-0.39, 0.29) is 17.7 Å². The van der Waals surface area contributed by atoms with Crippen molar-refractivity contribution in [3.8, 4) is 11.5 Å². The molecule has 0 aromatic heterocycles.